The predicted molar refractivity (Wildman–Crippen MR) is 128 cm³/mol. The Balaban J connectivity index is 2.33. The fraction of sp³-hybridized carbons (Fsp3) is 0.417. The first-order valence-electron chi connectivity index (χ1n) is 10.9. The molecule has 2 amide bonds. The fourth-order valence-electron chi connectivity index (χ4n) is 3.54. The first kappa shape index (κ1) is 25.4. The Bertz CT molecular complexity index is 1010. The van der Waals surface area contributed by atoms with E-state index in [-0.39, 0.29) is 12.5 Å². The van der Waals surface area contributed by atoms with Crippen molar-refractivity contribution in [1.82, 2.24) is 10.2 Å². The van der Waals surface area contributed by atoms with Gasteiger partial charge in [-0.2, -0.15) is 0 Å². The molecule has 2 aromatic carbocycles. The second kappa shape index (κ2) is 11.7. The van der Waals surface area contributed by atoms with Crippen molar-refractivity contribution in [2.45, 2.75) is 39.7 Å². The fourth-order valence-corrected chi connectivity index (χ4v) is 4.42. The molecule has 0 fully saturated rings. The van der Waals surface area contributed by atoms with Crippen LogP contribution in [0.1, 0.15) is 31.9 Å². The maximum atomic E-state index is 13.4. The standard InChI is InChI=1S/C24H33N3O4S/c1-5-21-14-10-11-15-22(21)27(32(4,30)31)18-23(28)26(19(3)24(29)25-6-2)17-16-20-12-8-7-9-13-20/h7-15,19H,5-6,16-18H2,1-4H3,(H,25,29)/t19-/m0/s1. The summed E-state index contributed by atoms with van der Waals surface area (Å²) >= 11 is 0. The Kier molecular flexibility index (Phi) is 9.26. The number of carbonyl (C=O) groups is 2. The Labute approximate surface area is 191 Å². The van der Waals surface area contributed by atoms with Crippen LogP contribution in [0.5, 0.6) is 0 Å². The summed E-state index contributed by atoms with van der Waals surface area (Å²) in [5.74, 6) is -0.690. The quantitative estimate of drug-likeness (QED) is 0.560. The van der Waals surface area contributed by atoms with Gasteiger partial charge in [-0.25, -0.2) is 8.42 Å². The van der Waals surface area contributed by atoms with Crippen LogP contribution in [0.15, 0.2) is 54.6 Å². The van der Waals surface area contributed by atoms with Crippen LogP contribution in [0.2, 0.25) is 0 Å². The number of rotatable bonds is 11. The molecular weight excluding hydrogens is 426 g/mol. The number of hydrogen-bond acceptors (Lipinski definition) is 4. The van der Waals surface area contributed by atoms with E-state index in [0.717, 1.165) is 21.7 Å². The topological polar surface area (TPSA) is 86.8 Å². The third-order valence-electron chi connectivity index (χ3n) is 5.32. The third kappa shape index (κ3) is 6.82. The van der Waals surface area contributed by atoms with Crippen molar-refractivity contribution in [3.63, 3.8) is 0 Å². The van der Waals surface area contributed by atoms with Crippen LogP contribution >= 0.6 is 0 Å². The van der Waals surface area contributed by atoms with E-state index < -0.39 is 22.0 Å². The molecule has 0 bridgehead atoms. The molecule has 174 valence electrons. The van der Waals surface area contributed by atoms with E-state index in [2.05, 4.69) is 5.32 Å². The van der Waals surface area contributed by atoms with E-state index in [1.807, 2.05) is 56.3 Å². The Morgan fingerprint density at radius 1 is 1.00 bits per heavy atom. The van der Waals surface area contributed by atoms with Gasteiger partial charge in [0.2, 0.25) is 21.8 Å². The highest BCUT2D eigenvalue weighted by Crippen LogP contribution is 2.23. The molecule has 2 aromatic rings. The summed E-state index contributed by atoms with van der Waals surface area (Å²) in [6.07, 6.45) is 2.28. The number of likely N-dealkylation sites (N-methyl/N-ethyl adjacent to an activating group) is 1. The van der Waals surface area contributed by atoms with E-state index in [1.54, 1.807) is 19.1 Å². The van der Waals surface area contributed by atoms with Gasteiger partial charge >= 0.3 is 0 Å². The van der Waals surface area contributed by atoms with Crippen LogP contribution < -0.4 is 9.62 Å². The number of carbonyl (C=O) groups excluding carboxylic acids is 2. The minimum absolute atomic E-state index is 0.270. The second-order valence-corrected chi connectivity index (χ2v) is 9.55. The van der Waals surface area contributed by atoms with Crippen molar-refractivity contribution in [2.24, 2.45) is 0 Å². The summed E-state index contributed by atoms with van der Waals surface area (Å²) in [7, 11) is -3.72. The van der Waals surface area contributed by atoms with Crippen molar-refractivity contribution in [2.75, 3.05) is 30.2 Å². The minimum atomic E-state index is -3.72. The Hall–Kier alpha value is -2.87. The molecule has 0 aliphatic carbocycles. The Morgan fingerprint density at radius 3 is 2.22 bits per heavy atom. The molecule has 7 nitrogen and oxygen atoms in total. The van der Waals surface area contributed by atoms with E-state index in [0.29, 0.717) is 31.6 Å². The number of sulfonamides is 1. The van der Waals surface area contributed by atoms with Gasteiger partial charge in [0.1, 0.15) is 12.6 Å². The molecule has 0 saturated heterocycles. The summed E-state index contributed by atoms with van der Waals surface area (Å²) in [5.41, 5.74) is 2.35. The zero-order valence-corrected chi connectivity index (χ0v) is 20.1. The third-order valence-corrected chi connectivity index (χ3v) is 6.45. The normalized spacial score (nSPS) is 12.1. The molecule has 32 heavy (non-hydrogen) atoms. The molecule has 0 radical (unpaired) electrons. The van der Waals surface area contributed by atoms with Crippen molar-refractivity contribution in [3.05, 3.63) is 65.7 Å². The van der Waals surface area contributed by atoms with E-state index in [1.165, 1.54) is 4.90 Å². The number of benzene rings is 2. The van der Waals surface area contributed by atoms with Crippen LogP contribution in [-0.4, -0.2) is 57.1 Å². The summed E-state index contributed by atoms with van der Waals surface area (Å²) in [4.78, 5) is 27.4. The molecule has 0 unspecified atom stereocenters. The van der Waals surface area contributed by atoms with Gasteiger partial charge in [-0.1, -0.05) is 55.5 Å². The van der Waals surface area contributed by atoms with Crippen molar-refractivity contribution < 1.29 is 18.0 Å². The molecule has 0 heterocycles. The van der Waals surface area contributed by atoms with Gasteiger partial charge in [0.25, 0.3) is 0 Å². The number of nitrogens with one attached hydrogen (secondary N) is 1. The number of anilines is 1. The van der Waals surface area contributed by atoms with Crippen LogP contribution in [0.25, 0.3) is 0 Å². The van der Waals surface area contributed by atoms with Crippen molar-refractivity contribution in [1.29, 1.82) is 0 Å². The van der Waals surface area contributed by atoms with Gasteiger partial charge in [-0.15, -0.1) is 0 Å². The average molecular weight is 460 g/mol. The van der Waals surface area contributed by atoms with Crippen molar-refractivity contribution in [3.8, 4) is 0 Å². The lowest BCUT2D eigenvalue weighted by Gasteiger charge is -2.32. The average Bonchev–Trinajstić information content (AvgIpc) is 2.77. The van der Waals surface area contributed by atoms with Gasteiger partial charge in [0, 0.05) is 13.1 Å². The smallest absolute Gasteiger partial charge is 0.244 e. The summed E-state index contributed by atoms with van der Waals surface area (Å²) in [6.45, 7) is 5.79. The van der Waals surface area contributed by atoms with Gasteiger partial charge in [0.05, 0.1) is 11.9 Å². The number of para-hydroxylation sites is 1. The van der Waals surface area contributed by atoms with Gasteiger partial charge in [-0.3, -0.25) is 13.9 Å². The molecule has 8 heteroatoms. The predicted octanol–water partition coefficient (Wildman–Crippen LogP) is 2.61. The zero-order valence-electron chi connectivity index (χ0n) is 19.2. The lowest BCUT2D eigenvalue weighted by atomic mass is 10.1. The van der Waals surface area contributed by atoms with Gasteiger partial charge < -0.3 is 10.2 Å². The molecule has 1 N–H and O–H groups in total. The zero-order chi connectivity index (χ0) is 23.7. The SMILES string of the molecule is CCNC(=O)[C@H](C)N(CCc1ccccc1)C(=O)CN(c1ccccc1CC)S(C)(=O)=O. The molecule has 0 aliphatic heterocycles. The van der Waals surface area contributed by atoms with E-state index >= 15 is 0 Å². The molecule has 2 rings (SSSR count). The highest BCUT2D eigenvalue weighted by atomic mass is 32.2. The maximum absolute atomic E-state index is 13.4. The molecule has 0 aromatic heterocycles. The van der Waals surface area contributed by atoms with E-state index in [4.69, 9.17) is 0 Å². The molecule has 0 aliphatic rings. The highest BCUT2D eigenvalue weighted by Gasteiger charge is 2.30. The molecule has 0 saturated carbocycles. The molecule has 0 spiro atoms. The first-order valence-corrected chi connectivity index (χ1v) is 12.7. The summed E-state index contributed by atoms with van der Waals surface area (Å²) in [5, 5.41) is 2.75. The largest absolute Gasteiger partial charge is 0.355 e. The number of hydrogen-bond donors (Lipinski definition) is 1. The monoisotopic (exact) mass is 459 g/mol. The van der Waals surface area contributed by atoms with Crippen molar-refractivity contribution >= 4 is 27.5 Å². The Morgan fingerprint density at radius 2 is 1.62 bits per heavy atom. The summed E-state index contributed by atoms with van der Waals surface area (Å²) < 4.78 is 26.4. The van der Waals surface area contributed by atoms with Gasteiger partial charge in [-0.05, 0) is 43.9 Å². The van der Waals surface area contributed by atoms with Crippen LogP contribution in [0, 0.1) is 0 Å². The van der Waals surface area contributed by atoms with Crippen LogP contribution in [0.4, 0.5) is 5.69 Å². The summed E-state index contributed by atoms with van der Waals surface area (Å²) in [6, 6.07) is 16.1. The lowest BCUT2D eigenvalue weighted by Crippen LogP contribution is -2.52. The highest BCUT2D eigenvalue weighted by molar-refractivity contribution is 7.92. The number of nitrogens with zero attached hydrogens (tertiary/aromatic N) is 2. The minimum Gasteiger partial charge on any atom is -0.355 e. The number of aryl methyl sites for hydroxylation is 1. The first-order chi connectivity index (χ1) is 15.2. The van der Waals surface area contributed by atoms with Gasteiger partial charge in [0.15, 0.2) is 0 Å². The molecular formula is C24H33N3O4S. The van der Waals surface area contributed by atoms with Crippen LogP contribution in [-0.2, 0) is 32.5 Å². The lowest BCUT2D eigenvalue weighted by molar-refractivity contribution is -0.138. The number of amides is 2. The molecule has 1 atom stereocenters. The van der Waals surface area contributed by atoms with E-state index in [9.17, 15) is 18.0 Å². The second-order valence-electron chi connectivity index (χ2n) is 7.65. The van der Waals surface area contributed by atoms with Crippen LogP contribution in [0.3, 0.4) is 0 Å². The maximum Gasteiger partial charge on any atom is 0.244 e.